The molecule has 41 heavy (non-hydrogen) atoms. The van der Waals surface area contributed by atoms with Gasteiger partial charge in [0, 0.05) is 30.9 Å². The molecule has 0 saturated carbocycles. The molecule has 1 aromatic rings. The quantitative estimate of drug-likeness (QED) is 0.241. The number of fused-ring (bicyclic) bond motifs is 1. The lowest BCUT2D eigenvalue weighted by atomic mass is 9.66. The second kappa shape index (κ2) is 13.2. The molecule has 224 valence electrons. The van der Waals surface area contributed by atoms with Crippen LogP contribution in [0.4, 0.5) is 0 Å². The Morgan fingerprint density at radius 2 is 1.78 bits per heavy atom. The van der Waals surface area contributed by atoms with Gasteiger partial charge in [0.25, 0.3) is 0 Å². The lowest BCUT2D eigenvalue weighted by Gasteiger charge is -2.39. The molecule has 3 aliphatic rings. The number of likely N-dealkylation sites (tertiary alicyclic amines) is 1. The third-order valence-electron chi connectivity index (χ3n) is 9.36. The summed E-state index contributed by atoms with van der Waals surface area (Å²) < 4.78 is -1.16. The van der Waals surface area contributed by atoms with Crippen molar-refractivity contribution in [3.8, 4) is 0 Å². The van der Waals surface area contributed by atoms with E-state index in [4.69, 9.17) is 0 Å². The summed E-state index contributed by atoms with van der Waals surface area (Å²) in [5, 5.41) is 10.4. The third kappa shape index (κ3) is 5.62. The smallest absolute Gasteiger partial charge is 0.247 e. The van der Waals surface area contributed by atoms with Crippen molar-refractivity contribution in [1.82, 2.24) is 14.7 Å². The average molecular weight is 582 g/mol. The Labute approximate surface area is 250 Å². The summed E-state index contributed by atoms with van der Waals surface area (Å²) in [6, 6.07) is 8.67. The molecule has 1 aromatic carbocycles. The van der Waals surface area contributed by atoms with Gasteiger partial charge in [0.2, 0.25) is 17.7 Å². The number of benzene rings is 1. The Balaban J connectivity index is 1.75. The van der Waals surface area contributed by atoms with Crippen molar-refractivity contribution < 1.29 is 19.5 Å². The molecule has 2 unspecified atom stereocenters. The molecule has 2 bridgehead atoms. The fourth-order valence-electron chi connectivity index (χ4n) is 7.39. The van der Waals surface area contributed by atoms with Crippen LogP contribution in [0.15, 0.2) is 55.6 Å². The molecular weight excluding hydrogens is 534 g/mol. The Kier molecular flexibility index (Phi) is 10.1. The maximum atomic E-state index is 14.5. The molecule has 3 heterocycles. The van der Waals surface area contributed by atoms with Crippen LogP contribution in [-0.2, 0) is 20.9 Å². The first-order chi connectivity index (χ1) is 19.7. The van der Waals surface area contributed by atoms with Crippen LogP contribution in [0.5, 0.6) is 0 Å². The largest absolute Gasteiger partial charge is 0.394 e. The molecular formula is C33H47N3O4S. The van der Waals surface area contributed by atoms with E-state index >= 15 is 0 Å². The number of hydrogen-bond acceptors (Lipinski definition) is 5. The standard InChI is InChI=1S/C33H47N3O4S/c1-6-10-14-21-34(19-7-2)31(40)28-33-18-17-32(5,41-33)26(27(33)30(39)36(28)25(9-4)23-37)29(38)35(20-8-3)22-24-15-12-11-13-16-24/h7-8,11-13,15-16,25-28,37H,2-3,6,9-10,14,17-23H2,1,4-5H3/t25-,26-,27-,28?,32+,33?/m0/s1. The van der Waals surface area contributed by atoms with Gasteiger partial charge < -0.3 is 19.8 Å². The second-order valence-electron chi connectivity index (χ2n) is 12.0. The lowest BCUT2D eigenvalue weighted by Crippen LogP contribution is -2.57. The van der Waals surface area contributed by atoms with Crippen molar-refractivity contribution in [2.24, 2.45) is 11.8 Å². The fraction of sp³-hybridized carbons (Fsp3) is 0.606. The molecule has 0 aliphatic carbocycles. The van der Waals surface area contributed by atoms with Crippen LogP contribution in [0.3, 0.4) is 0 Å². The Morgan fingerprint density at radius 3 is 2.39 bits per heavy atom. The highest BCUT2D eigenvalue weighted by atomic mass is 32.2. The van der Waals surface area contributed by atoms with Crippen LogP contribution in [0, 0.1) is 11.8 Å². The summed E-state index contributed by atoms with van der Waals surface area (Å²) in [5.74, 6) is -1.47. The summed E-state index contributed by atoms with van der Waals surface area (Å²) in [7, 11) is 0. The highest BCUT2D eigenvalue weighted by Gasteiger charge is 2.78. The van der Waals surface area contributed by atoms with E-state index in [0.717, 1.165) is 31.2 Å². The van der Waals surface area contributed by atoms with E-state index in [2.05, 4.69) is 27.0 Å². The molecule has 8 heteroatoms. The molecule has 1 spiro atoms. The number of aliphatic hydroxyl groups excluding tert-OH is 1. The van der Waals surface area contributed by atoms with Crippen molar-refractivity contribution in [3.05, 3.63) is 61.2 Å². The van der Waals surface area contributed by atoms with E-state index in [-0.39, 0.29) is 24.3 Å². The summed E-state index contributed by atoms with van der Waals surface area (Å²) in [6.07, 6.45) is 8.40. The average Bonchev–Trinajstić information content (AvgIpc) is 3.54. The highest BCUT2D eigenvalue weighted by molar-refractivity contribution is 8.02. The maximum absolute atomic E-state index is 14.5. The molecule has 6 atom stereocenters. The van der Waals surface area contributed by atoms with Gasteiger partial charge in [0.05, 0.1) is 29.2 Å². The van der Waals surface area contributed by atoms with Crippen LogP contribution in [0.25, 0.3) is 0 Å². The van der Waals surface area contributed by atoms with E-state index in [9.17, 15) is 19.5 Å². The predicted molar refractivity (Wildman–Crippen MR) is 165 cm³/mol. The fourth-order valence-corrected chi connectivity index (χ4v) is 9.72. The minimum absolute atomic E-state index is 0.0559. The molecule has 1 N–H and O–H groups in total. The molecule has 3 amide bonds. The second-order valence-corrected chi connectivity index (χ2v) is 13.9. The Bertz CT molecular complexity index is 1120. The van der Waals surface area contributed by atoms with Crippen LogP contribution in [0.2, 0.25) is 0 Å². The first-order valence-corrected chi connectivity index (χ1v) is 16.0. The number of hydrogen-bond donors (Lipinski definition) is 1. The number of unbranched alkanes of at least 4 members (excludes halogenated alkanes) is 2. The number of thioether (sulfide) groups is 1. The molecule has 0 radical (unpaired) electrons. The minimum atomic E-state index is -0.717. The highest BCUT2D eigenvalue weighted by Crippen LogP contribution is 2.72. The first kappa shape index (κ1) is 31.4. The molecule has 3 saturated heterocycles. The first-order valence-electron chi connectivity index (χ1n) is 15.2. The number of carbonyl (C=O) groups excluding carboxylic acids is 3. The molecule has 7 nitrogen and oxygen atoms in total. The monoisotopic (exact) mass is 581 g/mol. The van der Waals surface area contributed by atoms with Crippen LogP contribution in [0.1, 0.15) is 64.9 Å². The maximum Gasteiger partial charge on any atom is 0.247 e. The van der Waals surface area contributed by atoms with Gasteiger partial charge in [0.1, 0.15) is 6.04 Å². The van der Waals surface area contributed by atoms with Gasteiger partial charge in [-0.1, -0.05) is 69.2 Å². The summed E-state index contributed by atoms with van der Waals surface area (Å²) >= 11 is 1.69. The Hall–Kier alpha value is -2.58. The predicted octanol–water partition coefficient (Wildman–Crippen LogP) is 4.66. The topological polar surface area (TPSA) is 81.2 Å². The van der Waals surface area contributed by atoms with Gasteiger partial charge in [-0.3, -0.25) is 14.4 Å². The normalized spacial score (nSPS) is 28.8. The summed E-state index contributed by atoms with van der Waals surface area (Å²) in [5.41, 5.74) is 1.02. The third-order valence-corrected chi connectivity index (χ3v) is 11.3. The molecule has 3 aliphatic heterocycles. The van der Waals surface area contributed by atoms with E-state index in [1.807, 2.05) is 42.2 Å². The number of rotatable bonds is 15. The summed E-state index contributed by atoms with van der Waals surface area (Å²) in [4.78, 5) is 48.8. The van der Waals surface area contributed by atoms with Gasteiger partial charge in [-0.25, -0.2) is 0 Å². The van der Waals surface area contributed by atoms with Crippen LogP contribution >= 0.6 is 11.8 Å². The van der Waals surface area contributed by atoms with Crippen molar-refractivity contribution in [1.29, 1.82) is 0 Å². The van der Waals surface area contributed by atoms with Crippen molar-refractivity contribution in [2.45, 2.75) is 87.4 Å². The number of aliphatic hydroxyl groups is 1. The van der Waals surface area contributed by atoms with Crippen LogP contribution in [-0.4, -0.2) is 85.3 Å². The van der Waals surface area contributed by atoms with Crippen molar-refractivity contribution in [3.63, 3.8) is 0 Å². The van der Waals surface area contributed by atoms with Gasteiger partial charge in [-0.2, -0.15) is 0 Å². The van der Waals surface area contributed by atoms with Crippen LogP contribution < -0.4 is 0 Å². The zero-order valence-electron chi connectivity index (χ0n) is 25.0. The molecule has 4 rings (SSSR count). The minimum Gasteiger partial charge on any atom is -0.394 e. The zero-order valence-corrected chi connectivity index (χ0v) is 25.8. The SMILES string of the molecule is C=CCN(CCCCC)C(=O)C1N([C@@H](CC)CO)C(=O)[C@@H]2[C@@H](C(=O)N(CC=C)Cc3ccccc3)[C@@]3(C)CCC12S3. The van der Waals surface area contributed by atoms with Crippen molar-refractivity contribution in [2.75, 3.05) is 26.2 Å². The zero-order chi connectivity index (χ0) is 29.8. The van der Waals surface area contributed by atoms with Gasteiger partial charge in [-0.05, 0) is 38.2 Å². The number of amides is 3. The van der Waals surface area contributed by atoms with E-state index < -0.39 is 33.4 Å². The van der Waals surface area contributed by atoms with E-state index in [0.29, 0.717) is 39.0 Å². The van der Waals surface area contributed by atoms with Gasteiger partial charge in [-0.15, -0.1) is 24.9 Å². The lowest BCUT2D eigenvalue weighted by molar-refractivity contribution is -0.148. The van der Waals surface area contributed by atoms with Gasteiger partial charge >= 0.3 is 0 Å². The molecule has 3 fully saturated rings. The van der Waals surface area contributed by atoms with E-state index in [1.54, 1.807) is 33.7 Å². The molecule has 0 aromatic heterocycles. The number of carbonyl (C=O) groups is 3. The number of nitrogens with zero attached hydrogens (tertiary/aromatic N) is 3. The van der Waals surface area contributed by atoms with Crippen molar-refractivity contribution >= 4 is 29.5 Å². The van der Waals surface area contributed by atoms with Gasteiger partial charge in [0.15, 0.2) is 0 Å². The summed E-state index contributed by atoms with van der Waals surface area (Å²) in [6.45, 7) is 15.6. The Morgan fingerprint density at radius 1 is 1.10 bits per heavy atom. The van der Waals surface area contributed by atoms with E-state index in [1.165, 1.54) is 0 Å².